The molecule has 1 aliphatic heterocycles. The maximum absolute atomic E-state index is 9.24. The first-order valence-electron chi connectivity index (χ1n) is 3.52. The van der Waals surface area contributed by atoms with Crippen molar-refractivity contribution in [2.45, 2.75) is 24.1 Å². The second-order valence-corrected chi connectivity index (χ2v) is 2.82. The van der Waals surface area contributed by atoms with Gasteiger partial charge in [0.15, 0.2) is 0 Å². The lowest BCUT2D eigenvalue weighted by Crippen LogP contribution is -2.62. The monoisotopic (exact) mass is 183 g/mol. The van der Waals surface area contributed by atoms with Crippen LogP contribution < -0.4 is 0 Å². The van der Waals surface area contributed by atoms with E-state index >= 15 is 0 Å². The molecular weight excluding hydrogens is 171 g/mol. The molecule has 0 radical (unpaired) electrons. The molecule has 0 aromatic heterocycles. The minimum absolute atomic E-state index is 0.324. The second kappa shape index (κ2) is 3.25. The Morgan fingerprint density at radius 1 is 1.33 bits per heavy atom. The molecule has 0 aliphatic carbocycles. The Bertz CT molecular complexity index is 162. The van der Waals surface area contributed by atoms with Gasteiger partial charge in [-0.1, -0.05) is 0 Å². The maximum Gasteiger partial charge on any atom is 0.218 e. The fourth-order valence-electron chi connectivity index (χ4n) is 1.03. The predicted molar refractivity (Wildman–Crippen MR) is 36.0 cm³/mol. The SMILES string of the molecule is OCC1(O)O[13CH2][13C@@H](O)[13C@@H](O)[C@@H]1O. The van der Waals surface area contributed by atoms with E-state index in [0.717, 1.165) is 0 Å². The van der Waals surface area contributed by atoms with E-state index in [1.165, 1.54) is 0 Å². The molecule has 6 nitrogen and oxygen atoms in total. The van der Waals surface area contributed by atoms with Crippen molar-refractivity contribution in [3.05, 3.63) is 0 Å². The van der Waals surface area contributed by atoms with Gasteiger partial charge in [0.2, 0.25) is 5.79 Å². The van der Waals surface area contributed by atoms with Crippen molar-refractivity contribution in [2.24, 2.45) is 0 Å². The second-order valence-electron chi connectivity index (χ2n) is 2.82. The predicted octanol–water partition coefficient (Wildman–Crippen LogP) is -3.22. The molecule has 5 N–H and O–H groups in total. The molecule has 0 aromatic carbocycles. The van der Waals surface area contributed by atoms with Crippen molar-refractivity contribution in [1.82, 2.24) is 0 Å². The summed E-state index contributed by atoms with van der Waals surface area (Å²) in [6, 6.07) is 0. The first-order valence-corrected chi connectivity index (χ1v) is 3.52. The molecule has 1 unspecified atom stereocenters. The van der Waals surface area contributed by atoms with Gasteiger partial charge in [-0.25, -0.2) is 0 Å². The van der Waals surface area contributed by atoms with Gasteiger partial charge in [0.25, 0.3) is 0 Å². The molecule has 1 heterocycles. The van der Waals surface area contributed by atoms with Crippen LogP contribution in [0.1, 0.15) is 0 Å². The third-order valence-corrected chi connectivity index (χ3v) is 1.91. The summed E-state index contributed by atoms with van der Waals surface area (Å²) in [7, 11) is 0. The van der Waals surface area contributed by atoms with Crippen LogP contribution in [0, 0.1) is 0 Å². The normalized spacial score (nSPS) is 49.2. The van der Waals surface area contributed by atoms with E-state index in [1.54, 1.807) is 0 Å². The largest absolute Gasteiger partial charge is 0.391 e. The Kier molecular flexibility index (Phi) is 2.67. The lowest BCUT2D eigenvalue weighted by molar-refractivity contribution is -0.331. The van der Waals surface area contributed by atoms with Gasteiger partial charge in [-0.05, 0) is 0 Å². The van der Waals surface area contributed by atoms with E-state index in [-0.39, 0.29) is 6.61 Å². The molecule has 0 bridgehead atoms. The van der Waals surface area contributed by atoms with Gasteiger partial charge in [0.1, 0.15) is 18.3 Å². The molecular formula is C6H12O6. The zero-order valence-corrected chi connectivity index (χ0v) is 6.29. The summed E-state index contributed by atoms with van der Waals surface area (Å²) in [6.07, 6.45) is -4.45. The summed E-state index contributed by atoms with van der Waals surface area (Å²) in [5, 5.41) is 45.0. The summed E-state index contributed by atoms with van der Waals surface area (Å²) in [6.45, 7) is -1.16. The Morgan fingerprint density at radius 3 is 2.42 bits per heavy atom. The van der Waals surface area contributed by atoms with E-state index in [2.05, 4.69) is 4.74 Å². The van der Waals surface area contributed by atoms with Crippen LogP contribution in [-0.2, 0) is 4.74 Å². The zero-order valence-electron chi connectivity index (χ0n) is 6.29. The quantitative estimate of drug-likeness (QED) is 0.273. The third kappa shape index (κ3) is 1.45. The van der Waals surface area contributed by atoms with Gasteiger partial charge in [0, 0.05) is 0 Å². The summed E-state index contributed by atoms with van der Waals surface area (Å²) >= 11 is 0. The van der Waals surface area contributed by atoms with Crippen LogP contribution in [0.2, 0.25) is 0 Å². The van der Waals surface area contributed by atoms with Gasteiger partial charge in [-0.2, -0.15) is 0 Å². The minimum Gasteiger partial charge on any atom is -0.391 e. The van der Waals surface area contributed by atoms with Crippen LogP contribution in [0.4, 0.5) is 0 Å². The number of aliphatic hydroxyl groups is 5. The van der Waals surface area contributed by atoms with Crippen LogP contribution in [0.3, 0.4) is 0 Å². The highest BCUT2D eigenvalue weighted by atomic mass is 16.7. The minimum atomic E-state index is -2.17. The molecule has 1 aliphatic rings. The molecule has 1 saturated heterocycles. The number of ether oxygens (including phenoxy) is 1. The number of hydrogen-bond acceptors (Lipinski definition) is 6. The standard InChI is InChI=1S/C6H12O6/c7-2-6(11)5(10)4(9)3(8)1-12-6/h3-5,7-11H,1-2H2/t3-,4-,5+,6?/m1/s1/i1+1,3+1,4+1. The van der Waals surface area contributed by atoms with Crippen LogP contribution in [0.15, 0.2) is 0 Å². The van der Waals surface area contributed by atoms with Crippen molar-refractivity contribution >= 4 is 0 Å². The smallest absolute Gasteiger partial charge is 0.218 e. The Morgan fingerprint density at radius 2 is 1.92 bits per heavy atom. The van der Waals surface area contributed by atoms with Crippen molar-refractivity contribution in [3.63, 3.8) is 0 Å². The average Bonchev–Trinajstić information content (AvgIpc) is 2.09. The van der Waals surface area contributed by atoms with Gasteiger partial charge in [0.05, 0.1) is 13.2 Å². The summed E-state index contributed by atoms with van der Waals surface area (Å²) in [5.41, 5.74) is 0. The molecule has 72 valence electrons. The Labute approximate surface area is 68.6 Å². The van der Waals surface area contributed by atoms with Crippen molar-refractivity contribution < 1.29 is 30.3 Å². The third-order valence-electron chi connectivity index (χ3n) is 1.91. The van der Waals surface area contributed by atoms with Crippen LogP contribution in [0.5, 0.6) is 0 Å². The molecule has 1 fully saturated rings. The number of hydrogen-bond donors (Lipinski definition) is 5. The highest BCUT2D eigenvalue weighted by Crippen LogP contribution is 2.22. The first kappa shape index (κ1) is 9.85. The van der Waals surface area contributed by atoms with E-state index in [0.29, 0.717) is 0 Å². The van der Waals surface area contributed by atoms with Crippen LogP contribution >= 0.6 is 0 Å². The Balaban J connectivity index is 2.71. The fraction of sp³-hybridized carbons (Fsp3) is 1.00. The van der Waals surface area contributed by atoms with Gasteiger partial charge >= 0.3 is 0 Å². The van der Waals surface area contributed by atoms with Crippen molar-refractivity contribution in [3.8, 4) is 0 Å². The van der Waals surface area contributed by atoms with Gasteiger partial charge < -0.3 is 30.3 Å². The molecule has 6 heteroatoms. The van der Waals surface area contributed by atoms with E-state index < -0.39 is 30.7 Å². The highest BCUT2D eigenvalue weighted by molar-refractivity contribution is 4.90. The molecule has 0 aromatic rings. The van der Waals surface area contributed by atoms with Gasteiger partial charge in [-0.15, -0.1) is 0 Å². The summed E-state index contributed by atoms with van der Waals surface area (Å²) in [5.74, 6) is -2.17. The molecule has 0 amide bonds. The molecule has 0 saturated carbocycles. The molecule has 0 spiro atoms. The summed E-state index contributed by atoms with van der Waals surface area (Å²) < 4.78 is 4.56. The number of aliphatic hydroxyl groups excluding tert-OH is 4. The van der Waals surface area contributed by atoms with Crippen LogP contribution in [-0.4, -0.2) is 62.8 Å². The Hall–Kier alpha value is -0.240. The average molecular weight is 183 g/mol. The lowest BCUT2D eigenvalue weighted by Gasteiger charge is -2.40. The van der Waals surface area contributed by atoms with E-state index in [4.69, 9.17) is 20.4 Å². The lowest BCUT2D eigenvalue weighted by atomic mass is 10.2. The number of rotatable bonds is 1. The zero-order chi connectivity index (χ0) is 9.35. The van der Waals surface area contributed by atoms with Crippen molar-refractivity contribution in [2.75, 3.05) is 13.2 Å². The first-order chi connectivity index (χ1) is 5.51. The molecule has 12 heavy (non-hydrogen) atoms. The van der Waals surface area contributed by atoms with E-state index in [1.807, 2.05) is 0 Å². The van der Waals surface area contributed by atoms with Gasteiger partial charge in [-0.3, -0.25) is 0 Å². The van der Waals surface area contributed by atoms with Crippen molar-refractivity contribution in [1.29, 1.82) is 0 Å². The maximum atomic E-state index is 9.24. The summed E-state index contributed by atoms with van der Waals surface area (Å²) in [4.78, 5) is 0. The fourth-order valence-corrected chi connectivity index (χ4v) is 1.03. The van der Waals surface area contributed by atoms with Crippen LogP contribution in [0.25, 0.3) is 0 Å². The topological polar surface area (TPSA) is 110 Å². The molecule has 1 rings (SSSR count). The van der Waals surface area contributed by atoms with E-state index in [9.17, 15) is 5.11 Å². The molecule has 4 atom stereocenters. The highest BCUT2D eigenvalue weighted by Gasteiger charge is 2.47.